The molecule has 3 heterocycles. The van der Waals surface area contributed by atoms with Crippen LogP contribution in [0.25, 0.3) is 0 Å². The predicted molar refractivity (Wildman–Crippen MR) is 162 cm³/mol. The van der Waals surface area contributed by atoms with Crippen LogP contribution in [-0.2, 0) is 27.1 Å². The summed E-state index contributed by atoms with van der Waals surface area (Å²) in [5.41, 5.74) is -0.417. The third kappa shape index (κ3) is 5.43. The van der Waals surface area contributed by atoms with Crippen LogP contribution in [0.3, 0.4) is 0 Å². The van der Waals surface area contributed by atoms with Crippen LogP contribution < -0.4 is 15.1 Å². The number of nitrogens with one attached hydrogen (secondary N) is 1. The highest BCUT2D eigenvalue weighted by molar-refractivity contribution is 9.10. The Morgan fingerprint density at radius 1 is 0.953 bits per heavy atom. The Balaban J connectivity index is 1.39. The number of carbonyl (C=O) groups is 3. The first-order valence-corrected chi connectivity index (χ1v) is 15.6. The first-order valence-electron chi connectivity index (χ1n) is 12.7. The summed E-state index contributed by atoms with van der Waals surface area (Å²) in [4.78, 5) is 55.0. The molecule has 3 unspecified atom stereocenters. The first kappa shape index (κ1) is 29.7. The van der Waals surface area contributed by atoms with Gasteiger partial charge in [0.15, 0.2) is 0 Å². The molecule has 2 aliphatic rings. The minimum Gasteiger partial charge on any atom is -0.324 e. The number of alkyl halides is 3. The zero-order chi connectivity index (χ0) is 30.6. The van der Waals surface area contributed by atoms with Gasteiger partial charge in [0.2, 0.25) is 17.7 Å². The number of carbonyl (C=O) groups excluding carboxylic acids is 3. The molecule has 0 radical (unpaired) electrons. The van der Waals surface area contributed by atoms with Crippen molar-refractivity contribution >= 4 is 79.7 Å². The number of fused-ring (bicyclic) bond motifs is 2. The highest BCUT2D eigenvalue weighted by atomic mass is 79.9. The second kappa shape index (κ2) is 11.3. The number of imide groups is 1. The molecule has 4 aromatic rings. The van der Waals surface area contributed by atoms with Gasteiger partial charge in [-0.05, 0) is 54.1 Å². The average molecular weight is 709 g/mol. The lowest BCUT2D eigenvalue weighted by Crippen LogP contribution is -2.33. The zero-order valence-electron chi connectivity index (χ0n) is 21.6. The molecule has 1 N–H and O–H groups in total. The van der Waals surface area contributed by atoms with E-state index in [4.69, 9.17) is 11.6 Å². The van der Waals surface area contributed by atoms with E-state index in [1.54, 1.807) is 48.5 Å². The highest BCUT2D eigenvalue weighted by Crippen LogP contribution is 2.54. The van der Waals surface area contributed by atoms with E-state index in [-0.39, 0.29) is 0 Å². The Kier molecular flexibility index (Phi) is 7.78. The second-order valence-electron chi connectivity index (χ2n) is 9.80. The Morgan fingerprint density at radius 2 is 1.63 bits per heavy atom. The average Bonchev–Trinajstić information content (AvgIpc) is 3.40. The van der Waals surface area contributed by atoms with Crippen molar-refractivity contribution in [3.05, 3.63) is 108 Å². The van der Waals surface area contributed by atoms with Gasteiger partial charge in [-0.2, -0.15) is 13.2 Å². The number of halogens is 5. The van der Waals surface area contributed by atoms with E-state index in [0.717, 1.165) is 49.2 Å². The van der Waals surface area contributed by atoms with Gasteiger partial charge in [0.05, 0.1) is 27.9 Å². The van der Waals surface area contributed by atoms with E-state index >= 15 is 0 Å². The van der Waals surface area contributed by atoms with Gasteiger partial charge in [-0.15, -0.1) is 0 Å². The van der Waals surface area contributed by atoms with Gasteiger partial charge in [0.1, 0.15) is 11.8 Å². The highest BCUT2D eigenvalue weighted by Gasteiger charge is 2.56. The molecule has 1 fully saturated rings. The number of rotatable bonds is 5. The van der Waals surface area contributed by atoms with Crippen molar-refractivity contribution in [2.45, 2.75) is 28.9 Å². The number of benzene rings is 3. The Morgan fingerprint density at radius 3 is 2.30 bits per heavy atom. The molecule has 3 atom stereocenters. The third-order valence-electron chi connectivity index (χ3n) is 7.17. The van der Waals surface area contributed by atoms with Crippen molar-refractivity contribution in [1.29, 1.82) is 0 Å². The molecular weight excluding hydrogens is 691 g/mol. The van der Waals surface area contributed by atoms with Crippen LogP contribution in [0.15, 0.2) is 87.1 Å². The number of hydrogen-bond acceptors (Lipinski definition) is 6. The van der Waals surface area contributed by atoms with Crippen LogP contribution in [0.1, 0.15) is 21.9 Å². The van der Waals surface area contributed by atoms with Gasteiger partial charge in [0.25, 0.3) is 0 Å². The summed E-state index contributed by atoms with van der Waals surface area (Å²) < 4.78 is 42.4. The molecule has 14 heteroatoms. The molecule has 1 aromatic heterocycles. The van der Waals surface area contributed by atoms with Crippen LogP contribution in [0.2, 0.25) is 5.02 Å². The van der Waals surface area contributed by atoms with Gasteiger partial charge >= 0.3 is 11.0 Å². The largest absolute Gasteiger partial charge is 0.418 e. The predicted octanol–water partition coefficient (Wildman–Crippen LogP) is 6.78. The van der Waals surface area contributed by atoms with E-state index < -0.39 is 63.7 Å². The monoisotopic (exact) mass is 707 g/mol. The summed E-state index contributed by atoms with van der Waals surface area (Å²) in [5.74, 6) is -3.31. The molecule has 220 valence electrons. The number of aromatic nitrogens is 1. The van der Waals surface area contributed by atoms with Gasteiger partial charge < -0.3 is 5.32 Å². The number of hydrogen-bond donors (Lipinski definition) is 1. The molecule has 0 spiro atoms. The number of amides is 3. The molecule has 0 aliphatic carbocycles. The van der Waals surface area contributed by atoms with Crippen LogP contribution in [0.5, 0.6) is 0 Å². The maximum absolute atomic E-state index is 13.9. The number of para-hydroxylation sites is 1. The Bertz CT molecular complexity index is 1830. The lowest BCUT2D eigenvalue weighted by molar-refractivity contribution is -0.137. The van der Waals surface area contributed by atoms with Crippen molar-refractivity contribution < 1.29 is 27.6 Å². The molecule has 3 amide bonds. The van der Waals surface area contributed by atoms with E-state index in [0.29, 0.717) is 26.2 Å². The smallest absolute Gasteiger partial charge is 0.324 e. The summed E-state index contributed by atoms with van der Waals surface area (Å²) in [7, 11) is 0. The second-order valence-corrected chi connectivity index (χ2v) is 13.3. The summed E-state index contributed by atoms with van der Waals surface area (Å²) in [5, 5.41) is 2.11. The maximum atomic E-state index is 13.9. The van der Waals surface area contributed by atoms with Crippen LogP contribution in [0, 0.1) is 5.92 Å². The van der Waals surface area contributed by atoms with Crippen LogP contribution in [0.4, 0.5) is 24.5 Å². The summed E-state index contributed by atoms with van der Waals surface area (Å²) in [6.07, 6.45) is -4.70. The van der Waals surface area contributed by atoms with E-state index in [1.807, 2.05) is 0 Å². The number of thioether (sulfide) groups is 1. The first-order chi connectivity index (χ1) is 20.4. The van der Waals surface area contributed by atoms with Gasteiger partial charge in [-0.25, -0.2) is 4.90 Å². The SMILES string of the molecule is O=C(Cn1c2c(sc1=O)C(c1ccc(Cl)cc1)C1C(=O)N(c3ccc(Br)cc3)C(=O)C1S2)Nc1ccccc1C(F)(F)F. The molecular formula is C29H18BrClF3N3O4S2. The van der Waals surface area contributed by atoms with Crippen molar-refractivity contribution in [1.82, 2.24) is 4.57 Å². The van der Waals surface area contributed by atoms with Gasteiger partial charge in [-0.3, -0.25) is 23.7 Å². The fourth-order valence-corrected chi connectivity index (χ4v) is 8.47. The maximum Gasteiger partial charge on any atom is 0.418 e. The quantitative estimate of drug-likeness (QED) is 0.231. The van der Waals surface area contributed by atoms with E-state index in [9.17, 15) is 32.3 Å². The topological polar surface area (TPSA) is 88.5 Å². The molecule has 2 aliphatic heterocycles. The van der Waals surface area contributed by atoms with Crippen LogP contribution >= 0.6 is 50.6 Å². The van der Waals surface area contributed by atoms with Crippen molar-refractivity contribution in [2.24, 2.45) is 5.92 Å². The fraction of sp³-hybridized carbons (Fsp3) is 0.172. The van der Waals surface area contributed by atoms with Crippen molar-refractivity contribution in [2.75, 3.05) is 10.2 Å². The van der Waals surface area contributed by atoms with Crippen LogP contribution in [-0.4, -0.2) is 27.5 Å². The third-order valence-corrected chi connectivity index (χ3v) is 10.6. The molecule has 0 saturated carbocycles. The van der Waals surface area contributed by atoms with Gasteiger partial charge in [0, 0.05) is 20.3 Å². The number of nitrogens with zero attached hydrogens (tertiary/aromatic N) is 2. The fourth-order valence-electron chi connectivity index (χ4n) is 5.30. The zero-order valence-corrected chi connectivity index (χ0v) is 25.6. The molecule has 1 saturated heterocycles. The van der Waals surface area contributed by atoms with E-state index in [1.165, 1.54) is 12.1 Å². The normalized spacial score (nSPS) is 19.7. The van der Waals surface area contributed by atoms with Crippen molar-refractivity contribution in [3.63, 3.8) is 0 Å². The molecule has 3 aromatic carbocycles. The molecule has 6 rings (SSSR count). The summed E-state index contributed by atoms with van der Waals surface area (Å²) in [6.45, 7) is -0.590. The number of thiazole rings is 1. The molecule has 43 heavy (non-hydrogen) atoms. The lowest BCUT2D eigenvalue weighted by Gasteiger charge is -2.30. The van der Waals surface area contributed by atoms with E-state index in [2.05, 4.69) is 21.2 Å². The minimum atomic E-state index is -4.70. The molecule has 7 nitrogen and oxygen atoms in total. The Hall–Kier alpha value is -3.39. The minimum absolute atomic E-state index is 0.314. The standard InChI is InChI=1S/C29H18BrClF3N3O4S2/c30-15-7-11-17(12-8-15)37-25(39)22-21(14-5-9-16(31)10-6-14)24-27(42-23(22)26(37)40)36(28(41)43-24)13-20(38)35-19-4-2-1-3-18(19)29(32,33)34/h1-12,21-23H,13H2,(H,35,38). The molecule has 0 bridgehead atoms. The number of anilines is 2. The summed E-state index contributed by atoms with van der Waals surface area (Å²) in [6, 6.07) is 18.0. The Labute approximate surface area is 263 Å². The van der Waals surface area contributed by atoms with Gasteiger partial charge in [-0.1, -0.05) is 74.9 Å². The van der Waals surface area contributed by atoms with Crippen molar-refractivity contribution in [3.8, 4) is 0 Å². The summed E-state index contributed by atoms with van der Waals surface area (Å²) >= 11 is 11.3. The lowest BCUT2D eigenvalue weighted by atomic mass is 9.83.